The minimum absolute atomic E-state index is 0.0918. The zero-order valence-corrected chi connectivity index (χ0v) is 13.5. The van der Waals surface area contributed by atoms with Gasteiger partial charge in [0.2, 0.25) is 0 Å². The van der Waals surface area contributed by atoms with Gasteiger partial charge in [-0.2, -0.15) is 5.10 Å². The van der Waals surface area contributed by atoms with Crippen molar-refractivity contribution in [3.8, 4) is 0 Å². The summed E-state index contributed by atoms with van der Waals surface area (Å²) in [4.78, 5) is 33.7. The molecule has 0 atom stereocenters. The van der Waals surface area contributed by atoms with Crippen molar-refractivity contribution >= 4 is 23.8 Å². The number of nitrogens with zero attached hydrogens (tertiary/aromatic N) is 2. The first kappa shape index (κ1) is 17.9. The minimum Gasteiger partial charge on any atom is -0.462 e. The number of hydrogen-bond donors (Lipinski definition) is 1. The molecule has 0 aliphatic rings. The summed E-state index contributed by atoms with van der Waals surface area (Å²) < 4.78 is 10.2. The largest absolute Gasteiger partial charge is 0.462 e. The van der Waals surface area contributed by atoms with Crippen LogP contribution >= 0.6 is 0 Å². The molecule has 0 radical (unpaired) electrons. The number of benzene rings is 1. The summed E-state index contributed by atoms with van der Waals surface area (Å²) in [6, 6.07) is 6.69. The summed E-state index contributed by atoms with van der Waals surface area (Å²) in [6.07, 6.45) is 1.21. The van der Waals surface area contributed by atoms with Gasteiger partial charge in [-0.3, -0.25) is 14.9 Å². The highest BCUT2D eigenvalue weighted by Crippen LogP contribution is 2.15. The van der Waals surface area contributed by atoms with E-state index < -0.39 is 16.8 Å². The van der Waals surface area contributed by atoms with Crippen LogP contribution in [-0.4, -0.2) is 29.6 Å². The minimum atomic E-state index is -0.617. The Morgan fingerprint density at radius 1 is 1.40 bits per heavy atom. The van der Waals surface area contributed by atoms with Gasteiger partial charge in [0.15, 0.2) is 0 Å². The lowest BCUT2D eigenvalue weighted by molar-refractivity contribution is -0.384. The van der Waals surface area contributed by atoms with Gasteiger partial charge < -0.3 is 9.15 Å². The first-order valence-electron chi connectivity index (χ1n) is 7.27. The van der Waals surface area contributed by atoms with Crippen molar-refractivity contribution in [2.75, 3.05) is 6.61 Å². The SMILES string of the molecule is CCOC(=O)c1cc(/C=N\NC(=O)c2cccc([N+](=O)[O-])c2)oc1C. The molecule has 0 aliphatic carbocycles. The zero-order chi connectivity index (χ0) is 18.4. The third kappa shape index (κ3) is 4.50. The summed E-state index contributed by atoms with van der Waals surface area (Å²) >= 11 is 0. The van der Waals surface area contributed by atoms with E-state index in [9.17, 15) is 19.7 Å². The Hall–Kier alpha value is -3.49. The van der Waals surface area contributed by atoms with Gasteiger partial charge in [0.05, 0.1) is 17.7 Å². The van der Waals surface area contributed by atoms with Gasteiger partial charge in [-0.15, -0.1) is 0 Å². The number of rotatable bonds is 6. The molecule has 0 unspecified atom stereocenters. The Morgan fingerprint density at radius 3 is 2.84 bits per heavy atom. The number of hydrogen-bond acceptors (Lipinski definition) is 7. The fourth-order valence-electron chi connectivity index (χ4n) is 1.96. The van der Waals surface area contributed by atoms with Crippen molar-refractivity contribution in [2.45, 2.75) is 13.8 Å². The van der Waals surface area contributed by atoms with E-state index in [1.54, 1.807) is 13.8 Å². The molecule has 0 spiro atoms. The van der Waals surface area contributed by atoms with Crippen LogP contribution < -0.4 is 5.43 Å². The van der Waals surface area contributed by atoms with E-state index in [2.05, 4.69) is 10.5 Å². The van der Waals surface area contributed by atoms with Crippen LogP contribution in [0.2, 0.25) is 0 Å². The molecule has 9 heteroatoms. The molecular weight excluding hydrogens is 330 g/mol. The van der Waals surface area contributed by atoms with Crippen LogP contribution in [-0.2, 0) is 4.74 Å². The number of non-ortho nitro benzene ring substituents is 1. The Bertz CT molecular complexity index is 840. The lowest BCUT2D eigenvalue weighted by atomic mass is 10.2. The molecule has 1 heterocycles. The molecule has 130 valence electrons. The van der Waals surface area contributed by atoms with Crippen LogP contribution in [0.25, 0.3) is 0 Å². The quantitative estimate of drug-likeness (QED) is 0.371. The maximum atomic E-state index is 11.9. The number of carbonyl (C=O) groups is 2. The van der Waals surface area contributed by atoms with E-state index in [-0.39, 0.29) is 29.2 Å². The van der Waals surface area contributed by atoms with Crippen LogP contribution in [0.5, 0.6) is 0 Å². The first-order chi connectivity index (χ1) is 11.9. The van der Waals surface area contributed by atoms with Gasteiger partial charge in [-0.1, -0.05) is 6.07 Å². The third-order valence-electron chi connectivity index (χ3n) is 3.11. The number of ether oxygens (including phenoxy) is 1. The number of carbonyl (C=O) groups excluding carboxylic acids is 2. The van der Waals surface area contributed by atoms with Crippen LogP contribution in [0.3, 0.4) is 0 Å². The Kier molecular flexibility index (Phi) is 5.62. The second-order valence-electron chi connectivity index (χ2n) is 4.85. The summed E-state index contributed by atoms with van der Waals surface area (Å²) in [6.45, 7) is 3.54. The Labute approximate surface area is 142 Å². The second kappa shape index (κ2) is 7.86. The number of furan rings is 1. The van der Waals surface area contributed by atoms with E-state index >= 15 is 0 Å². The topological polar surface area (TPSA) is 124 Å². The molecule has 0 saturated carbocycles. The number of aryl methyl sites for hydroxylation is 1. The number of nitro benzene ring substituents is 1. The van der Waals surface area contributed by atoms with Crippen LogP contribution in [0, 0.1) is 17.0 Å². The number of amides is 1. The number of hydrazone groups is 1. The molecule has 9 nitrogen and oxygen atoms in total. The van der Waals surface area contributed by atoms with Crippen molar-refractivity contribution in [3.05, 3.63) is 63.1 Å². The van der Waals surface area contributed by atoms with E-state index in [0.717, 1.165) is 6.07 Å². The molecule has 25 heavy (non-hydrogen) atoms. The molecule has 1 amide bonds. The van der Waals surface area contributed by atoms with Crippen molar-refractivity contribution in [1.29, 1.82) is 0 Å². The molecule has 1 N–H and O–H groups in total. The predicted octanol–water partition coefficient (Wildman–Crippen LogP) is 2.44. The maximum absolute atomic E-state index is 11.9. The average Bonchev–Trinajstić information content (AvgIpc) is 2.96. The first-order valence-corrected chi connectivity index (χ1v) is 7.27. The molecule has 1 aromatic carbocycles. The lowest BCUT2D eigenvalue weighted by Crippen LogP contribution is -2.17. The number of esters is 1. The smallest absolute Gasteiger partial charge is 0.341 e. The highest BCUT2D eigenvalue weighted by atomic mass is 16.6. The second-order valence-corrected chi connectivity index (χ2v) is 4.85. The number of nitrogens with one attached hydrogen (secondary N) is 1. The standard InChI is InChI=1S/C16H15N3O6/c1-3-24-16(21)14-8-13(25-10(14)2)9-17-18-15(20)11-5-4-6-12(7-11)19(22)23/h4-9H,3H2,1-2H3,(H,18,20)/b17-9-. The lowest BCUT2D eigenvalue weighted by Gasteiger charge is -1.99. The van der Waals surface area contributed by atoms with Gasteiger partial charge in [0.1, 0.15) is 17.1 Å². The van der Waals surface area contributed by atoms with Gasteiger partial charge in [-0.25, -0.2) is 10.2 Å². The summed E-state index contributed by atoms with van der Waals surface area (Å²) in [7, 11) is 0. The van der Waals surface area contributed by atoms with E-state index in [1.807, 2.05) is 0 Å². The van der Waals surface area contributed by atoms with Crippen LogP contribution in [0.1, 0.15) is 39.2 Å². The fraction of sp³-hybridized carbons (Fsp3) is 0.188. The van der Waals surface area contributed by atoms with Gasteiger partial charge in [0, 0.05) is 23.8 Å². The molecule has 0 bridgehead atoms. The van der Waals surface area contributed by atoms with Gasteiger partial charge in [-0.05, 0) is 19.9 Å². The normalized spacial score (nSPS) is 10.6. The van der Waals surface area contributed by atoms with Crippen LogP contribution in [0.15, 0.2) is 39.9 Å². The monoisotopic (exact) mass is 345 g/mol. The van der Waals surface area contributed by atoms with Crippen molar-refractivity contribution < 1.29 is 23.7 Å². The maximum Gasteiger partial charge on any atom is 0.341 e. The predicted molar refractivity (Wildman–Crippen MR) is 87.6 cm³/mol. The highest BCUT2D eigenvalue weighted by molar-refractivity contribution is 5.96. The molecule has 1 aromatic heterocycles. The molecular formula is C16H15N3O6. The van der Waals surface area contributed by atoms with E-state index in [1.165, 1.54) is 30.5 Å². The Morgan fingerprint density at radius 2 is 2.16 bits per heavy atom. The molecule has 0 fully saturated rings. The molecule has 0 saturated heterocycles. The van der Waals surface area contributed by atoms with Crippen LogP contribution in [0.4, 0.5) is 5.69 Å². The third-order valence-corrected chi connectivity index (χ3v) is 3.11. The summed E-state index contributed by atoms with van der Waals surface area (Å²) in [5, 5.41) is 14.4. The molecule has 2 aromatic rings. The van der Waals surface area contributed by atoms with Crippen molar-refractivity contribution in [1.82, 2.24) is 5.43 Å². The zero-order valence-electron chi connectivity index (χ0n) is 13.5. The van der Waals surface area contributed by atoms with E-state index in [4.69, 9.17) is 9.15 Å². The van der Waals surface area contributed by atoms with Crippen molar-refractivity contribution in [2.24, 2.45) is 5.10 Å². The summed E-state index contributed by atoms with van der Waals surface area (Å²) in [5.41, 5.74) is 2.39. The van der Waals surface area contributed by atoms with E-state index in [0.29, 0.717) is 5.76 Å². The number of nitro groups is 1. The average molecular weight is 345 g/mol. The molecule has 0 aliphatic heterocycles. The van der Waals surface area contributed by atoms with Gasteiger partial charge in [0.25, 0.3) is 11.6 Å². The molecule has 2 rings (SSSR count). The summed E-state index contributed by atoms with van der Waals surface area (Å²) in [5.74, 6) is -0.511. The van der Waals surface area contributed by atoms with Gasteiger partial charge >= 0.3 is 5.97 Å². The highest BCUT2D eigenvalue weighted by Gasteiger charge is 2.15. The van der Waals surface area contributed by atoms with Crippen molar-refractivity contribution in [3.63, 3.8) is 0 Å². The Balaban J connectivity index is 2.05. The fourth-order valence-corrected chi connectivity index (χ4v) is 1.96.